The lowest BCUT2D eigenvalue weighted by atomic mass is 10.1. The minimum absolute atomic E-state index is 0. The van der Waals surface area contributed by atoms with E-state index in [9.17, 15) is 19.3 Å². The van der Waals surface area contributed by atoms with Gasteiger partial charge in [-0.2, -0.15) is 0 Å². The molecule has 1 amide bonds. The summed E-state index contributed by atoms with van der Waals surface area (Å²) >= 11 is 0. The summed E-state index contributed by atoms with van der Waals surface area (Å²) in [4.78, 5) is 23.9. The zero-order chi connectivity index (χ0) is 14.0. The molecule has 0 spiro atoms. The second-order valence-electron chi connectivity index (χ2n) is 4.44. The number of likely N-dealkylation sites (tertiary alicyclic amines) is 1. The van der Waals surface area contributed by atoms with Crippen LogP contribution in [0.2, 0.25) is 0 Å². The van der Waals surface area contributed by atoms with Gasteiger partial charge in [0.15, 0.2) is 0 Å². The number of hydrogen-bond acceptors (Lipinski definition) is 4. The quantitative estimate of drug-likeness (QED) is 0.679. The summed E-state index contributed by atoms with van der Waals surface area (Å²) in [6, 6.07) is 3.20. The topological polar surface area (TPSA) is 75.5 Å². The fraction of sp³-hybridized carbons (Fsp3) is 0.417. The van der Waals surface area contributed by atoms with Crippen molar-refractivity contribution in [3.63, 3.8) is 0 Å². The normalized spacial score (nSPS) is 17.7. The van der Waals surface area contributed by atoms with Crippen molar-refractivity contribution in [2.24, 2.45) is 0 Å². The van der Waals surface area contributed by atoms with E-state index in [2.05, 4.69) is 5.32 Å². The second-order valence-corrected chi connectivity index (χ2v) is 4.44. The third-order valence-corrected chi connectivity index (χ3v) is 3.27. The van der Waals surface area contributed by atoms with E-state index in [1.807, 2.05) is 0 Å². The van der Waals surface area contributed by atoms with E-state index >= 15 is 0 Å². The largest absolute Gasteiger partial charge is 0.337 e. The van der Waals surface area contributed by atoms with E-state index in [1.165, 1.54) is 6.07 Å². The summed E-state index contributed by atoms with van der Waals surface area (Å²) in [5, 5.41) is 13.9. The van der Waals surface area contributed by atoms with Crippen LogP contribution in [0.5, 0.6) is 0 Å². The number of nitrogens with one attached hydrogen (secondary N) is 1. The Morgan fingerprint density at radius 2 is 2.25 bits per heavy atom. The Kier molecular flexibility index (Phi) is 5.41. The van der Waals surface area contributed by atoms with Crippen molar-refractivity contribution in [1.29, 1.82) is 0 Å². The van der Waals surface area contributed by atoms with Gasteiger partial charge < -0.3 is 10.2 Å². The zero-order valence-electron chi connectivity index (χ0n) is 10.8. The van der Waals surface area contributed by atoms with E-state index in [-0.39, 0.29) is 24.0 Å². The molecule has 1 heterocycles. The number of benzene rings is 1. The Labute approximate surface area is 121 Å². The maximum atomic E-state index is 13.0. The summed E-state index contributed by atoms with van der Waals surface area (Å²) in [6.45, 7) is 1.04. The van der Waals surface area contributed by atoms with Crippen molar-refractivity contribution in [3.05, 3.63) is 39.7 Å². The molecule has 6 nitrogen and oxygen atoms in total. The molecule has 0 aliphatic carbocycles. The van der Waals surface area contributed by atoms with Crippen molar-refractivity contribution < 1.29 is 14.1 Å². The first kappa shape index (κ1) is 16.3. The minimum atomic E-state index is -0.734. The van der Waals surface area contributed by atoms with Crippen molar-refractivity contribution in [2.45, 2.75) is 12.5 Å². The fourth-order valence-corrected chi connectivity index (χ4v) is 2.19. The number of nitrogens with zero attached hydrogens (tertiary/aromatic N) is 2. The Bertz CT molecular complexity index is 527. The Balaban J connectivity index is 0.00000200. The minimum Gasteiger partial charge on any atom is -0.337 e. The van der Waals surface area contributed by atoms with Gasteiger partial charge in [-0.25, -0.2) is 4.39 Å². The Morgan fingerprint density at radius 3 is 2.80 bits per heavy atom. The SMILES string of the molecule is CNC1CCN(C(=O)c2ccc(F)cc2[N+](=O)[O-])C1.Cl. The molecular formula is C12H15ClFN3O3. The van der Waals surface area contributed by atoms with Crippen LogP contribution in [0, 0.1) is 15.9 Å². The molecule has 2 rings (SSSR count). The van der Waals surface area contributed by atoms with E-state index in [0.29, 0.717) is 13.1 Å². The summed E-state index contributed by atoms with van der Waals surface area (Å²) in [5.41, 5.74) is -0.555. The van der Waals surface area contributed by atoms with Crippen molar-refractivity contribution in [2.75, 3.05) is 20.1 Å². The molecular weight excluding hydrogens is 289 g/mol. The van der Waals surface area contributed by atoms with Crippen LogP contribution in [0.1, 0.15) is 16.8 Å². The molecule has 110 valence electrons. The first-order valence-electron chi connectivity index (χ1n) is 5.93. The van der Waals surface area contributed by atoms with Gasteiger partial charge in [0.25, 0.3) is 11.6 Å². The predicted octanol–water partition coefficient (Wildman–Crippen LogP) is 1.59. The highest BCUT2D eigenvalue weighted by atomic mass is 35.5. The maximum absolute atomic E-state index is 13.0. The molecule has 1 aromatic rings. The van der Waals surface area contributed by atoms with Crippen LogP contribution in [0.25, 0.3) is 0 Å². The molecule has 20 heavy (non-hydrogen) atoms. The highest BCUT2D eigenvalue weighted by Gasteiger charge is 2.30. The number of rotatable bonds is 3. The molecule has 8 heteroatoms. The van der Waals surface area contributed by atoms with Gasteiger partial charge in [-0.15, -0.1) is 12.4 Å². The van der Waals surface area contributed by atoms with Gasteiger partial charge in [0.2, 0.25) is 0 Å². The van der Waals surface area contributed by atoms with Gasteiger partial charge in [0, 0.05) is 19.1 Å². The predicted molar refractivity (Wildman–Crippen MR) is 73.7 cm³/mol. The molecule has 1 atom stereocenters. The summed E-state index contributed by atoms with van der Waals surface area (Å²) < 4.78 is 13.0. The Morgan fingerprint density at radius 1 is 1.55 bits per heavy atom. The third kappa shape index (κ3) is 3.23. The summed E-state index contributed by atoms with van der Waals surface area (Å²) in [6.07, 6.45) is 0.803. The molecule has 1 fully saturated rings. The number of hydrogen-bond donors (Lipinski definition) is 1. The smallest absolute Gasteiger partial charge is 0.285 e. The van der Waals surface area contributed by atoms with E-state index in [0.717, 1.165) is 18.6 Å². The van der Waals surface area contributed by atoms with E-state index in [4.69, 9.17) is 0 Å². The number of carbonyl (C=O) groups excluding carboxylic acids is 1. The maximum Gasteiger partial charge on any atom is 0.285 e. The van der Waals surface area contributed by atoms with Crippen molar-refractivity contribution >= 4 is 24.0 Å². The van der Waals surface area contributed by atoms with Gasteiger partial charge in [-0.3, -0.25) is 14.9 Å². The lowest BCUT2D eigenvalue weighted by Crippen LogP contribution is -2.33. The van der Waals surface area contributed by atoms with Crippen LogP contribution in [0.4, 0.5) is 10.1 Å². The summed E-state index contributed by atoms with van der Waals surface area (Å²) in [5.74, 6) is -1.15. The highest BCUT2D eigenvalue weighted by Crippen LogP contribution is 2.23. The Hall–Kier alpha value is -1.73. The lowest BCUT2D eigenvalue weighted by molar-refractivity contribution is -0.385. The molecule has 0 radical (unpaired) electrons. The zero-order valence-corrected chi connectivity index (χ0v) is 11.7. The van der Waals surface area contributed by atoms with Gasteiger partial charge in [-0.05, 0) is 25.6 Å². The second kappa shape index (κ2) is 6.62. The standard InChI is InChI=1S/C12H14FN3O3.ClH/c1-14-9-4-5-15(7-9)12(17)10-3-2-8(13)6-11(10)16(18)19;/h2-3,6,9,14H,4-5,7H2,1H3;1H. The lowest BCUT2D eigenvalue weighted by Gasteiger charge is -2.16. The molecule has 1 aliphatic rings. The average molecular weight is 304 g/mol. The molecule has 1 aliphatic heterocycles. The summed E-state index contributed by atoms with van der Waals surface area (Å²) in [7, 11) is 1.80. The van der Waals surface area contributed by atoms with Gasteiger partial charge in [0.1, 0.15) is 11.4 Å². The van der Waals surface area contributed by atoms with Crippen molar-refractivity contribution in [3.8, 4) is 0 Å². The number of amides is 1. The molecule has 0 bridgehead atoms. The van der Waals surface area contributed by atoms with Crippen LogP contribution >= 0.6 is 12.4 Å². The van der Waals surface area contributed by atoms with Crippen LogP contribution in [-0.4, -0.2) is 41.9 Å². The van der Waals surface area contributed by atoms with E-state index < -0.39 is 22.3 Å². The monoisotopic (exact) mass is 303 g/mol. The number of likely N-dealkylation sites (N-methyl/N-ethyl adjacent to an activating group) is 1. The van der Waals surface area contributed by atoms with Crippen LogP contribution < -0.4 is 5.32 Å². The first-order chi connectivity index (χ1) is 9.02. The third-order valence-electron chi connectivity index (χ3n) is 3.27. The van der Waals surface area contributed by atoms with Crippen LogP contribution in [0.15, 0.2) is 18.2 Å². The number of nitro groups is 1. The van der Waals surface area contributed by atoms with Gasteiger partial charge in [-0.1, -0.05) is 0 Å². The van der Waals surface area contributed by atoms with Gasteiger partial charge in [0.05, 0.1) is 11.0 Å². The number of nitro benzene ring substituents is 1. The van der Waals surface area contributed by atoms with Crippen molar-refractivity contribution in [1.82, 2.24) is 10.2 Å². The fourth-order valence-electron chi connectivity index (χ4n) is 2.19. The van der Waals surface area contributed by atoms with Crippen LogP contribution in [-0.2, 0) is 0 Å². The highest BCUT2D eigenvalue weighted by molar-refractivity contribution is 5.98. The number of carbonyl (C=O) groups is 1. The first-order valence-corrected chi connectivity index (χ1v) is 5.93. The number of halogens is 2. The molecule has 1 unspecified atom stereocenters. The molecule has 0 saturated carbocycles. The van der Waals surface area contributed by atoms with E-state index in [1.54, 1.807) is 11.9 Å². The van der Waals surface area contributed by atoms with Crippen LogP contribution in [0.3, 0.4) is 0 Å². The average Bonchev–Trinajstić information content (AvgIpc) is 2.86. The van der Waals surface area contributed by atoms with Gasteiger partial charge >= 0.3 is 0 Å². The molecule has 1 saturated heterocycles. The molecule has 0 aromatic heterocycles. The molecule has 1 N–H and O–H groups in total. The molecule has 1 aromatic carbocycles.